The molecule has 2 unspecified atom stereocenters. The second kappa shape index (κ2) is 6.84. The zero-order chi connectivity index (χ0) is 13.7. The van der Waals surface area contributed by atoms with Crippen LogP contribution in [0.4, 0.5) is 0 Å². The fourth-order valence-electron chi connectivity index (χ4n) is 2.55. The molecule has 1 aliphatic rings. The first-order valence-electron chi connectivity index (χ1n) is 6.82. The predicted molar refractivity (Wildman–Crippen MR) is 74.3 cm³/mol. The van der Waals surface area contributed by atoms with Crippen LogP contribution in [0.1, 0.15) is 24.5 Å². The van der Waals surface area contributed by atoms with Crippen LogP contribution in [0.5, 0.6) is 5.88 Å². The third-order valence-electron chi connectivity index (χ3n) is 3.72. The molecule has 2 atom stereocenters. The van der Waals surface area contributed by atoms with Crippen molar-refractivity contribution in [2.75, 3.05) is 33.8 Å². The highest BCUT2D eigenvalue weighted by Gasteiger charge is 2.24. The Labute approximate surface area is 114 Å². The first kappa shape index (κ1) is 14.2. The number of nitrogens with one attached hydrogen (secondary N) is 1. The number of methoxy groups -OCH3 is 1. The number of likely N-dealkylation sites (N-methyl/N-ethyl adjacent to an activating group) is 1. The molecular weight excluding hydrogens is 242 g/mol. The largest absolute Gasteiger partial charge is 0.481 e. The van der Waals surface area contributed by atoms with E-state index in [1.165, 1.54) is 12.8 Å². The fraction of sp³-hybridized carbons (Fsp3) is 0.643. The van der Waals surface area contributed by atoms with E-state index in [1.54, 1.807) is 19.4 Å². The van der Waals surface area contributed by atoms with E-state index >= 15 is 0 Å². The quantitative estimate of drug-likeness (QED) is 0.797. The second-order valence-corrected chi connectivity index (χ2v) is 4.98. The molecule has 0 spiro atoms. The van der Waals surface area contributed by atoms with Crippen LogP contribution < -0.4 is 10.1 Å². The van der Waals surface area contributed by atoms with Gasteiger partial charge in [0.15, 0.2) is 0 Å². The van der Waals surface area contributed by atoms with Gasteiger partial charge in [-0.15, -0.1) is 0 Å². The molecule has 19 heavy (non-hydrogen) atoms. The van der Waals surface area contributed by atoms with E-state index in [2.05, 4.69) is 15.2 Å². The van der Waals surface area contributed by atoms with Gasteiger partial charge in [0, 0.05) is 24.8 Å². The van der Waals surface area contributed by atoms with E-state index in [9.17, 15) is 5.11 Å². The average Bonchev–Trinajstić information content (AvgIpc) is 2.97. The van der Waals surface area contributed by atoms with Gasteiger partial charge in [0.05, 0.1) is 13.2 Å². The molecule has 106 valence electrons. The van der Waals surface area contributed by atoms with Gasteiger partial charge in [0.25, 0.3) is 0 Å². The average molecular weight is 265 g/mol. The summed E-state index contributed by atoms with van der Waals surface area (Å²) >= 11 is 0. The second-order valence-electron chi connectivity index (χ2n) is 4.98. The van der Waals surface area contributed by atoms with E-state index in [1.807, 2.05) is 13.1 Å². The number of aliphatic hydroxyl groups excluding tert-OH is 1. The van der Waals surface area contributed by atoms with Crippen molar-refractivity contribution in [1.82, 2.24) is 15.2 Å². The molecule has 2 N–H and O–H groups in total. The summed E-state index contributed by atoms with van der Waals surface area (Å²) in [6.07, 6.45) is 3.63. The zero-order valence-corrected chi connectivity index (χ0v) is 11.7. The number of likely N-dealkylation sites (tertiary alicyclic amines) is 1. The van der Waals surface area contributed by atoms with Crippen LogP contribution in [0.15, 0.2) is 18.3 Å². The van der Waals surface area contributed by atoms with Crippen LogP contribution in [-0.2, 0) is 0 Å². The molecule has 0 aliphatic carbocycles. The van der Waals surface area contributed by atoms with Crippen molar-refractivity contribution < 1.29 is 9.84 Å². The van der Waals surface area contributed by atoms with Crippen molar-refractivity contribution in [2.45, 2.75) is 25.0 Å². The Kier molecular flexibility index (Phi) is 5.13. The molecule has 0 radical (unpaired) electrons. The first-order valence-corrected chi connectivity index (χ1v) is 6.82. The maximum Gasteiger partial charge on any atom is 0.213 e. The van der Waals surface area contributed by atoms with Gasteiger partial charge in [-0.3, -0.25) is 0 Å². The summed E-state index contributed by atoms with van der Waals surface area (Å²) < 4.78 is 5.10. The van der Waals surface area contributed by atoms with Crippen LogP contribution >= 0.6 is 0 Å². The molecule has 2 rings (SSSR count). The Morgan fingerprint density at radius 3 is 2.84 bits per heavy atom. The van der Waals surface area contributed by atoms with Gasteiger partial charge >= 0.3 is 0 Å². The molecule has 0 bridgehead atoms. The minimum absolute atomic E-state index is 0.0187. The molecule has 0 saturated carbocycles. The Morgan fingerprint density at radius 1 is 1.47 bits per heavy atom. The molecular formula is C14H23N3O2. The highest BCUT2D eigenvalue weighted by Crippen LogP contribution is 2.21. The Balaban J connectivity index is 2.03. The maximum atomic E-state index is 10.5. The van der Waals surface area contributed by atoms with Gasteiger partial charge in [-0.2, -0.15) is 0 Å². The molecule has 0 aromatic carbocycles. The van der Waals surface area contributed by atoms with Crippen LogP contribution in [-0.4, -0.2) is 54.8 Å². The van der Waals surface area contributed by atoms with Crippen molar-refractivity contribution in [3.05, 3.63) is 23.9 Å². The van der Waals surface area contributed by atoms with Gasteiger partial charge in [-0.1, -0.05) is 0 Å². The Bertz CT molecular complexity index is 394. The number of nitrogens with zero attached hydrogens (tertiary/aromatic N) is 2. The van der Waals surface area contributed by atoms with E-state index < -0.39 is 6.10 Å². The fourth-order valence-corrected chi connectivity index (χ4v) is 2.55. The molecule has 1 aromatic rings. The van der Waals surface area contributed by atoms with Crippen LogP contribution in [0.25, 0.3) is 0 Å². The van der Waals surface area contributed by atoms with Crippen LogP contribution in [0.3, 0.4) is 0 Å². The summed E-state index contributed by atoms with van der Waals surface area (Å²) in [5.74, 6) is 0.535. The lowest BCUT2D eigenvalue weighted by Gasteiger charge is -2.27. The number of hydrogen-bond acceptors (Lipinski definition) is 5. The Hall–Kier alpha value is -1.17. The molecule has 1 aromatic heterocycles. The topological polar surface area (TPSA) is 57.6 Å². The number of aromatic nitrogens is 1. The highest BCUT2D eigenvalue weighted by molar-refractivity contribution is 5.23. The highest BCUT2D eigenvalue weighted by atomic mass is 16.5. The molecule has 5 nitrogen and oxygen atoms in total. The normalized spacial score (nSPS) is 19.3. The maximum absolute atomic E-state index is 10.5. The van der Waals surface area contributed by atoms with Gasteiger partial charge < -0.3 is 20.1 Å². The standard InChI is InChI=1S/C14H23N3O2/c1-15-12(10-17-7-3-4-8-17)14(18)11-5-6-16-13(9-11)19-2/h5-6,9,12,14-15,18H,3-4,7-8,10H2,1-2H3. The van der Waals surface area contributed by atoms with Crippen LogP contribution in [0, 0.1) is 0 Å². The van der Waals surface area contributed by atoms with E-state index in [0.717, 1.165) is 25.2 Å². The van der Waals surface area contributed by atoms with Gasteiger partial charge in [0.1, 0.15) is 0 Å². The van der Waals surface area contributed by atoms with Crippen molar-refractivity contribution in [1.29, 1.82) is 0 Å². The molecule has 0 amide bonds. The van der Waals surface area contributed by atoms with Crippen molar-refractivity contribution in [2.24, 2.45) is 0 Å². The summed E-state index contributed by atoms with van der Waals surface area (Å²) in [4.78, 5) is 6.46. The monoisotopic (exact) mass is 265 g/mol. The van der Waals surface area contributed by atoms with E-state index in [4.69, 9.17) is 4.74 Å². The summed E-state index contributed by atoms with van der Waals surface area (Å²) in [5, 5.41) is 13.7. The summed E-state index contributed by atoms with van der Waals surface area (Å²) in [5.41, 5.74) is 0.838. The summed E-state index contributed by atoms with van der Waals surface area (Å²) in [7, 11) is 3.47. The number of hydrogen-bond donors (Lipinski definition) is 2. The van der Waals surface area contributed by atoms with E-state index in [0.29, 0.717) is 5.88 Å². The number of rotatable bonds is 6. The summed E-state index contributed by atoms with van der Waals surface area (Å²) in [6, 6.07) is 3.64. The molecule has 1 saturated heterocycles. The minimum Gasteiger partial charge on any atom is -0.481 e. The van der Waals surface area contributed by atoms with Crippen molar-refractivity contribution in [3.8, 4) is 5.88 Å². The molecule has 5 heteroatoms. The number of aliphatic hydroxyl groups is 1. The lowest BCUT2D eigenvalue weighted by Crippen LogP contribution is -2.42. The predicted octanol–water partition coefficient (Wildman–Crippen LogP) is 0.807. The number of ether oxygens (including phenoxy) is 1. The van der Waals surface area contributed by atoms with Gasteiger partial charge in [-0.25, -0.2) is 4.98 Å². The third-order valence-corrected chi connectivity index (χ3v) is 3.72. The van der Waals surface area contributed by atoms with Gasteiger partial charge in [0.2, 0.25) is 5.88 Å². The SMILES string of the molecule is CNC(CN1CCCC1)C(O)c1ccnc(OC)c1. The molecule has 1 aliphatic heterocycles. The zero-order valence-electron chi connectivity index (χ0n) is 11.7. The van der Waals surface area contributed by atoms with E-state index in [-0.39, 0.29) is 6.04 Å². The van der Waals surface area contributed by atoms with Crippen LogP contribution in [0.2, 0.25) is 0 Å². The number of pyridine rings is 1. The minimum atomic E-state index is -0.553. The third kappa shape index (κ3) is 3.65. The van der Waals surface area contributed by atoms with Crippen molar-refractivity contribution >= 4 is 0 Å². The summed E-state index contributed by atoms with van der Waals surface area (Å²) in [6.45, 7) is 3.12. The lowest BCUT2D eigenvalue weighted by molar-refractivity contribution is 0.110. The molecule has 1 fully saturated rings. The molecule has 2 heterocycles. The lowest BCUT2D eigenvalue weighted by atomic mass is 10.0. The smallest absolute Gasteiger partial charge is 0.213 e. The van der Waals surface area contributed by atoms with Gasteiger partial charge in [-0.05, 0) is 44.6 Å². The van der Waals surface area contributed by atoms with Crippen molar-refractivity contribution in [3.63, 3.8) is 0 Å². The Morgan fingerprint density at radius 2 is 2.21 bits per heavy atom. The first-order chi connectivity index (χ1) is 9.24.